The first-order valence-electron chi connectivity index (χ1n) is 38.8. The van der Waals surface area contributed by atoms with Gasteiger partial charge in [-0.25, -0.2) is 0 Å². The third kappa shape index (κ3) is 15.5. The Labute approximate surface area is 609 Å². The van der Waals surface area contributed by atoms with Gasteiger partial charge in [0.1, 0.15) is 0 Å². The van der Waals surface area contributed by atoms with Gasteiger partial charge in [-0.2, -0.15) is 0 Å². The van der Waals surface area contributed by atoms with Crippen LogP contribution in [0.4, 0.5) is 0 Å². The third-order valence-corrected chi connectivity index (χ3v) is 28.1. The topological polar surface area (TPSA) is 0 Å². The van der Waals surface area contributed by atoms with Gasteiger partial charge >= 0.3 is 0 Å². The summed E-state index contributed by atoms with van der Waals surface area (Å²) in [5.41, 5.74) is 36.4. The lowest BCUT2D eigenvalue weighted by atomic mass is 9.88. The summed E-state index contributed by atoms with van der Waals surface area (Å²) in [4.78, 5) is 0. The first kappa shape index (κ1) is 75.3. The lowest BCUT2D eigenvalue weighted by molar-refractivity contribution is 0.834. The van der Waals surface area contributed by atoms with E-state index in [1.165, 1.54) is 166 Å². The van der Waals surface area contributed by atoms with E-state index >= 15 is 0 Å². The molecule has 100 heavy (non-hydrogen) atoms. The highest BCUT2D eigenvalue weighted by atomic mass is 28.3. The Balaban J connectivity index is 1.57. The predicted octanol–water partition coefficient (Wildman–Crippen LogP) is 28.5. The molecule has 0 bridgehead atoms. The van der Waals surface area contributed by atoms with E-state index in [-0.39, 0.29) is 5.92 Å². The highest BCUT2D eigenvalue weighted by Gasteiger charge is 2.49. The quantitative estimate of drug-likeness (QED) is 0.0469. The van der Waals surface area contributed by atoms with Crippen LogP contribution in [0.5, 0.6) is 0 Å². The van der Waals surface area contributed by atoms with Crippen molar-refractivity contribution in [3.63, 3.8) is 0 Å². The van der Waals surface area contributed by atoms with Gasteiger partial charge in [0.2, 0.25) is 0 Å². The van der Waals surface area contributed by atoms with E-state index < -0.39 is 8.07 Å². The third-order valence-electron chi connectivity index (χ3n) is 23.0. The summed E-state index contributed by atoms with van der Waals surface area (Å²) in [7, 11) is -3.77. The molecule has 9 aromatic carbocycles. The van der Waals surface area contributed by atoms with E-state index in [0.717, 1.165) is 0 Å². The van der Waals surface area contributed by atoms with Crippen LogP contribution in [0, 0.1) is 5.92 Å². The summed E-state index contributed by atoms with van der Waals surface area (Å²) in [6.07, 6.45) is 0. The molecule has 1 heteroatoms. The average molecular weight is 1340 g/mol. The van der Waals surface area contributed by atoms with Crippen molar-refractivity contribution in [3.8, 4) is 66.8 Å². The Morgan fingerprint density at radius 1 is 0.190 bits per heavy atom. The van der Waals surface area contributed by atoms with E-state index in [2.05, 4.69) is 358 Å². The molecule has 0 amide bonds. The van der Waals surface area contributed by atoms with Gasteiger partial charge in [0.25, 0.3) is 0 Å². The summed E-state index contributed by atoms with van der Waals surface area (Å²) in [6.45, 7) is 67.0. The van der Waals surface area contributed by atoms with E-state index in [9.17, 15) is 0 Å². The van der Waals surface area contributed by atoms with E-state index in [4.69, 9.17) is 0 Å². The van der Waals surface area contributed by atoms with Gasteiger partial charge in [0.05, 0.1) is 0 Å². The SMILES string of the molecule is CC1=C(C)C(C)C([Si](c2cc(-c3cc(C(C)C)cc(C(C)C)c3)cc(-c3cc(C(C)C)cc(C(C)C)c3)c2)(c2cc(-c3cc(C(C)C)cc(C(C)C)c3)cc(-c3cc(C(C)C)cc(C(C)C)c3)c2)c2cc(-c3cc(C(C)C)cc(C(C)C)c3)cc(-c3cc(C(C)C)cc(C(C)C)c3)c2)=C1C. The van der Waals surface area contributed by atoms with Crippen LogP contribution in [0.2, 0.25) is 0 Å². The van der Waals surface area contributed by atoms with Crippen LogP contribution in [0.15, 0.2) is 186 Å². The number of hydrogen-bond donors (Lipinski definition) is 0. The summed E-state index contributed by atoms with van der Waals surface area (Å²) in [5, 5.41) is 5.86. The second-order valence-corrected chi connectivity index (χ2v) is 38.2. The average Bonchev–Trinajstić information content (AvgIpc) is 1.37. The van der Waals surface area contributed by atoms with Crippen LogP contribution in [0.1, 0.15) is 332 Å². The molecule has 0 saturated carbocycles. The molecule has 0 N–H and O–H groups in total. The standard InChI is InChI=1S/C99H124Si/c1-56(2)72-29-73(57(3)4)36-84(35-72)90-47-91(85-37-74(58(5)6)30-75(38-85)59(7)8)51-96(50-90)100(99-70(27)68(25)69(26)71(99)28,97-52-92(86-39-76(60(9)10)31-77(40-86)61(11)12)48-93(53-97)87-41-78(62(13)14)32-79(42-87)63(15)16)98-54-94(88-43-80(64(17)18)33-81(44-88)65(19)20)49-95(55-98)89-45-82(66(21)22)34-83(46-89)67(23)24/h29-67,70H,1-28H3. The highest BCUT2D eigenvalue weighted by molar-refractivity contribution is 7.16. The van der Waals surface area contributed by atoms with Crippen molar-refractivity contribution in [2.24, 2.45) is 5.92 Å². The summed E-state index contributed by atoms with van der Waals surface area (Å²) >= 11 is 0. The fourth-order valence-electron chi connectivity index (χ4n) is 15.5. The van der Waals surface area contributed by atoms with Crippen LogP contribution in [-0.4, -0.2) is 8.07 Å². The Kier molecular flexibility index (Phi) is 22.8. The van der Waals surface area contributed by atoms with Crippen LogP contribution in [0.3, 0.4) is 0 Å². The molecule has 1 unspecified atom stereocenters. The van der Waals surface area contributed by atoms with Crippen molar-refractivity contribution in [2.45, 2.75) is 265 Å². The maximum Gasteiger partial charge on any atom is 0.176 e. The summed E-state index contributed by atoms with van der Waals surface area (Å²) in [6, 6.07) is 69.8. The molecule has 0 fully saturated rings. The van der Waals surface area contributed by atoms with Crippen molar-refractivity contribution < 1.29 is 0 Å². The summed E-state index contributed by atoms with van der Waals surface area (Å²) in [5.74, 6) is 4.33. The fraction of sp³-hybridized carbons (Fsp3) is 0.414. The molecular formula is C99H124Si. The Hall–Kier alpha value is -7.32. The van der Waals surface area contributed by atoms with Gasteiger partial charge in [0, 0.05) is 0 Å². The van der Waals surface area contributed by atoms with Gasteiger partial charge in [0.15, 0.2) is 8.07 Å². The molecular weight excluding hydrogens is 1220 g/mol. The highest BCUT2D eigenvalue weighted by Crippen LogP contribution is 2.46. The largest absolute Gasteiger partial charge is 0.176 e. The van der Waals surface area contributed by atoms with Crippen molar-refractivity contribution in [2.75, 3.05) is 0 Å². The second-order valence-electron chi connectivity index (χ2n) is 34.4. The van der Waals surface area contributed by atoms with E-state index in [1.54, 1.807) is 5.20 Å². The number of hydrogen-bond acceptors (Lipinski definition) is 0. The van der Waals surface area contributed by atoms with Crippen molar-refractivity contribution in [3.05, 3.63) is 252 Å². The zero-order chi connectivity index (χ0) is 73.0. The van der Waals surface area contributed by atoms with Crippen molar-refractivity contribution in [1.82, 2.24) is 0 Å². The monoisotopic (exact) mass is 1340 g/mol. The first-order valence-corrected chi connectivity index (χ1v) is 40.8. The number of allylic oxidation sites excluding steroid dienone is 4. The minimum absolute atomic E-state index is 0.133. The smallest absolute Gasteiger partial charge is 0.0636 e. The Bertz CT molecular complexity index is 3720. The molecule has 0 aliphatic heterocycles. The Morgan fingerprint density at radius 2 is 0.330 bits per heavy atom. The van der Waals surface area contributed by atoms with Crippen LogP contribution >= 0.6 is 0 Å². The van der Waals surface area contributed by atoms with Gasteiger partial charge < -0.3 is 0 Å². The minimum atomic E-state index is -3.77. The summed E-state index contributed by atoms with van der Waals surface area (Å²) < 4.78 is 0. The maximum absolute atomic E-state index is 3.77. The fourth-order valence-corrected chi connectivity index (χ4v) is 21.3. The zero-order valence-electron chi connectivity index (χ0n) is 67.1. The van der Waals surface area contributed by atoms with Crippen molar-refractivity contribution >= 4 is 23.6 Å². The molecule has 0 nitrogen and oxygen atoms in total. The maximum atomic E-state index is 2.75. The van der Waals surface area contributed by atoms with Gasteiger partial charge in [-0.3, -0.25) is 0 Å². The van der Waals surface area contributed by atoms with E-state index in [0.29, 0.717) is 71.0 Å². The molecule has 10 rings (SSSR count). The van der Waals surface area contributed by atoms with Gasteiger partial charge in [-0.1, -0.05) is 335 Å². The molecule has 524 valence electrons. The molecule has 0 spiro atoms. The number of rotatable bonds is 22. The predicted molar refractivity (Wildman–Crippen MR) is 446 cm³/mol. The molecule has 0 saturated heterocycles. The molecule has 9 aromatic rings. The lowest BCUT2D eigenvalue weighted by Gasteiger charge is -2.40. The molecule has 0 radical (unpaired) electrons. The van der Waals surface area contributed by atoms with Gasteiger partial charge in [-0.05, 0) is 271 Å². The second kappa shape index (κ2) is 30.3. The van der Waals surface area contributed by atoms with Crippen LogP contribution < -0.4 is 15.6 Å². The van der Waals surface area contributed by atoms with Gasteiger partial charge in [-0.15, -0.1) is 0 Å². The molecule has 0 aromatic heterocycles. The minimum Gasteiger partial charge on any atom is -0.0636 e. The molecule has 1 aliphatic carbocycles. The Morgan fingerprint density at radius 3 is 0.450 bits per heavy atom. The molecule has 0 heterocycles. The van der Waals surface area contributed by atoms with Crippen molar-refractivity contribution in [1.29, 1.82) is 0 Å². The molecule has 1 aliphatic rings. The zero-order valence-corrected chi connectivity index (χ0v) is 68.1. The first-order chi connectivity index (χ1) is 47.0. The normalized spacial score (nSPS) is 14.1. The molecule has 1 atom stereocenters. The number of benzene rings is 9. The van der Waals surface area contributed by atoms with E-state index in [1.807, 2.05) is 0 Å². The van der Waals surface area contributed by atoms with Crippen LogP contribution in [0.25, 0.3) is 66.8 Å². The van der Waals surface area contributed by atoms with Crippen LogP contribution in [-0.2, 0) is 0 Å². The lowest BCUT2D eigenvalue weighted by Crippen LogP contribution is -2.69.